The molecule has 0 radical (unpaired) electrons. The van der Waals surface area contributed by atoms with E-state index in [1.54, 1.807) is 24.4 Å². The minimum atomic E-state index is -0.256. The van der Waals surface area contributed by atoms with E-state index in [-0.39, 0.29) is 12.5 Å². The second-order valence-electron chi connectivity index (χ2n) is 7.15. The number of oxazole rings is 1. The van der Waals surface area contributed by atoms with E-state index in [2.05, 4.69) is 27.4 Å². The number of amides is 1. The van der Waals surface area contributed by atoms with E-state index in [1.165, 1.54) is 0 Å². The Balaban J connectivity index is 1.21. The molecule has 0 aliphatic heterocycles. The van der Waals surface area contributed by atoms with Crippen molar-refractivity contribution in [2.24, 2.45) is 0 Å². The van der Waals surface area contributed by atoms with Crippen LogP contribution >= 0.6 is 0 Å². The van der Waals surface area contributed by atoms with Gasteiger partial charge in [0.15, 0.2) is 17.8 Å². The lowest BCUT2D eigenvalue weighted by Crippen LogP contribution is -2.20. The van der Waals surface area contributed by atoms with Crippen LogP contribution in [0.1, 0.15) is 0 Å². The van der Waals surface area contributed by atoms with Gasteiger partial charge in [-0.05, 0) is 53.6 Å². The highest BCUT2D eigenvalue weighted by molar-refractivity contribution is 5.92. The molecule has 0 unspecified atom stereocenters. The van der Waals surface area contributed by atoms with Gasteiger partial charge in [0, 0.05) is 17.4 Å². The van der Waals surface area contributed by atoms with Crippen LogP contribution in [0.5, 0.6) is 5.75 Å². The van der Waals surface area contributed by atoms with Crippen molar-refractivity contribution in [3.63, 3.8) is 0 Å². The standard InChI is InChI=1S/C26H19N3O3/c30-24(17-31-22-13-11-19(12-14-22)18-6-2-1-3-7-18)28-21-9-4-8-20(16-21)26-29-25-23(32-26)10-5-15-27-25/h1-16H,17H2,(H,28,30). The smallest absolute Gasteiger partial charge is 0.262 e. The lowest BCUT2D eigenvalue weighted by atomic mass is 10.1. The molecule has 1 N–H and O–H groups in total. The SMILES string of the molecule is O=C(COc1ccc(-c2ccccc2)cc1)Nc1cccc(-c2nc3ncccc3o2)c1. The van der Waals surface area contributed by atoms with Crippen molar-refractivity contribution in [3.8, 4) is 28.3 Å². The average Bonchev–Trinajstić information content (AvgIpc) is 3.28. The van der Waals surface area contributed by atoms with E-state index in [4.69, 9.17) is 9.15 Å². The molecule has 156 valence electrons. The Labute approximate surface area is 184 Å². The summed E-state index contributed by atoms with van der Waals surface area (Å²) in [5.74, 6) is 0.825. The van der Waals surface area contributed by atoms with Gasteiger partial charge in [0.2, 0.25) is 5.89 Å². The van der Waals surface area contributed by atoms with Gasteiger partial charge in [0.1, 0.15) is 5.75 Å². The number of benzene rings is 3. The summed E-state index contributed by atoms with van der Waals surface area (Å²) in [4.78, 5) is 21.0. The predicted octanol–water partition coefficient (Wildman–Crippen LogP) is 5.57. The van der Waals surface area contributed by atoms with Gasteiger partial charge in [0.25, 0.3) is 5.91 Å². The number of nitrogens with zero attached hydrogens (tertiary/aromatic N) is 2. The first-order valence-corrected chi connectivity index (χ1v) is 10.1. The first kappa shape index (κ1) is 19.5. The van der Waals surface area contributed by atoms with Crippen LogP contribution in [0.25, 0.3) is 33.8 Å². The van der Waals surface area contributed by atoms with Crippen molar-refractivity contribution in [3.05, 3.63) is 97.2 Å². The number of rotatable bonds is 6. The van der Waals surface area contributed by atoms with Crippen LogP contribution < -0.4 is 10.1 Å². The van der Waals surface area contributed by atoms with E-state index < -0.39 is 0 Å². The number of fused-ring (bicyclic) bond motifs is 1. The largest absolute Gasteiger partial charge is 0.484 e. The van der Waals surface area contributed by atoms with Crippen LogP contribution in [0, 0.1) is 0 Å². The molecule has 0 atom stereocenters. The van der Waals surface area contributed by atoms with E-state index in [9.17, 15) is 4.79 Å². The maximum absolute atomic E-state index is 12.4. The van der Waals surface area contributed by atoms with Crippen LogP contribution in [-0.2, 0) is 4.79 Å². The summed E-state index contributed by atoms with van der Waals surface area (Å²) in [6.45, 7) is -0.0955. The third-order valence-electron chi connectivity index (χ3n) is 4.89. The van der Waals surface area contributed by atoms with Gasteiger partial charge in [-0.25, -0.2) is 4.98 Å². The molecule has 3 aromatic carbocycles. The van der Waals surface area contributed by atoms with Crippen molar-refractivity contribution in [1.29, 1.82) is 0 Å². The van der Waals surface area contributed by atoms with Crippen molar-refractivity contribution >= 4 is 22.8 Å². The molecule has 5 aromatic rings. The zero-order valence-corrected chi connectivity index (χ0v) is 17.1. The highest BCUT2D eigenvalue weighted by Crippen LogP contribution is 2.25. The number of carbonyl (C=O) groups excluding carboxylic acids is 1. The number of ether oxygens (including phenoxy) is 1. The summed E-state index contributed by atoms with van der Waals surface area (Å²) in [5, 5.41) is 2.84. The summed E-state index contributed by atoms with van der Waals surface area (Å²) < 4.78 is 11.4. The van der Waals surface area contributed by atoms with Crippen LogP contribution in [0.2, 0.25) is 0 Å². The third-order valence-corrected chi connectivity index (χ3v) is 4.89. The van der Waals surface area contributed by atoms with Gasteiger partial charge >= 0.3 is 0 Å². The van der Waals surface area contributed by atoms with Crippen LogP contribution in [0.3, 0.4) is 0 Å². The number of aromatic nitrogens is 2. The number of carbonyl (C=O) groups is 1. The number of anilines is 1. The number of hydrogen-bond donors (Lipinski definition) is 1. The highest BCUT2D eigenvalue weighted by atomic mass is 16.5. The summed E-state index contributed by atoms with van der Waals surface area (Å²) in [5.41, 5.74) is 4.76. The minimum absolute atomic E-state index is 0.0955. The van der Waals surface area contributed by atoms with Gasteiger partial charge in [-0.3, -0.25) is 4.79 Å². The zero-order chi connectivity index (χ0) is 21.8. The van der Waals surface area contributed by atoms with E-state index in [0.717, 1.165) is 16.7 Å². The topological polar surface area (TPSA) is 77.2 Å². The van der Waals surface area contributed by atoms with Crippen molar-refractivity contribution in [1.82, 2.24) is 9.97 Å². The molecule has 0 spiro atoms. The van der Waals surface area contributed by atoms with E-state index in [0.29, 0.717) is 28.6 Å². The first-order valence-electron chi connectivity index (χ1n) is 10.1. The Bertz CT molecular complexity index is 1330. The summed E-state index contributed by atoms with van der Waals surface area (Å²) >= 11 is 0. The second kappa shape index (κ2) is 8.73. The zero-order valence-electron chi connectivity index (χ0n) is 17.1. The molecule has 1 amide bonds. The van der Waals surface area contributed by atoms with Crippen molar-refractivity contribution < 1.29 is 13.9 Å². The van der Waals surface area contributed by atoms with Gasteiger partial charge in [-0.2, -0.15) is 4.98 Å². The second-order valence-corrected chi connectivity index (χ2v) is 7.15. The van der Waals surface area contributed by atoms with Crippen LogP contribution in [0.4, 0.5) is 5.69 Å². The quantitative estimate of drug-likeness (QED) is 0.388. The summed E-state index contributed by atoms with van der Waals surface area (Å²) in [6, 6.07) is 28.7. The molecule has 0 aliphatic carbocycles. The number of hydrogen-bond acceptors (Lipinski definition) is 5. The maximum atomic E-state index is 12.4. The molecular weight excluding hydrogens is 402 g/mol. The summed E-state index contributed by atoms with van der Waals surface area (Å²) in [7, 11) is 0. The van der Waals surface area contributed by atoms with Gasteiger partial charge in [-0.1, -0.05) is 48.5 Å². The molecule has 5 rings (SSSR count). The normalized spacial score (nSPS) is 10.8. The third kappa shape index (κ3) is 4.34. The molecule has 0 fully saturated rings. The fourth-order valence-electron chi connectivity index (χ4n) is 3.34. The molecule has 2 heterocycles. The maximum Gasteiger partial charge on any atom is 0.262 e. The molecule has 0 bridgehead atoms. The Morgan fingerprint density at radius 2 is 1.62 bits per heavy atom. The highest BCUT2D eigenvalue weighted by Gasteiger charge is 2.10. The lowest BCUT2D eigenvalue weighted by Gasteiger charge is -2.09. The molecule has 6 nitrogen and oxygen atoms in total. The molecule has 0 saturated carbocycles. The Morgan fingerprint density at radius 3 is 2.44 bits per heavy atom. The average molecular weight is 421 g/mol. The van der Waals surface area contributed by atoms with Crippen molar-refractivity contribution in [2.45, 2.75) is 0 Å². The number of pyridine rings is 1. The Morgan fingerprint density at radius 1 is 0.844 bits per heavy atom. The molecule has 0 aliphatic rings. The van der Waals surface area contributed by atoms with Gasteiger partial charge in [0.05, 0.1) is 0 Å². The molecule has 2 aromatic heterocycles. The molecule has 6 heteroatoms. The fourth-order valence-corrected chi connectivity index (χ4v) is 3.34. The molecule has 0 saturated heterocycles. The molecular formula is C26H19N3O3. The Kier molecular flexibility index (Phi) is 5.32. The van der Waals surface area contributed by atoms with Crippen LogP contribution in [0.15, 0.2) is 102 Å². The fraction of sp³-hybridized carbons (Fsp3) is 0.0385. The molecule has 32 heavy (non-hydrogen) atoms. The van der Waals surface area contributed by atoms with Crippen LogP contribution in [-0.4, -0.2) is 22.5 Å². The minimum Gasteiger partial charge on any atom is -0.484 e. The van der Waals surface area contributed by atoms with Gasteiger partial charge in [-0.15, -0.1) is 0 Å². The lowest BCUT2D eigenvalue weighted by molar-refractivity contribution is -0.118. The predicted molar refractivity (Wildman–Crippen MR) is 123 cm³/mol. The number of nitrogens with one attached hydrogen (secondary N) is 1. The van der Waals surface area contributed by atoms with Crippen molar-refractivity contribution in [2.75, 3.05) is 11.9 Å². The first-order chi connectivity index (χ1) is 15.7. The summed E-state index contributed by atoms with van der Waals surface area (Å²) in [6.07, 6.45) is 1.67. The Hall–Kier alpha value is -4.45. The monoisotopic (exact) mass is 421 g/mol. The van der Waals surface area contributed by atoms with E-state index in [1.807, 2.05) is 60.7 Å². The van der Waals surface area contributed by atoms with E-state index >= 15 is 0 Å². The van der Waals surface area contributed by atoms with Gasteiger partial charge < -0.3 is 14.5 Å².